The van der Waals surface area contributed by atoms with Gasteiger partial charge in [-0.05, 0) is 0 Å². The molecule has 21 heavy (non-hydrogen) atoms. The van der Waals surface area contributed by atoms with E-state index in [2.05, 4.69) is 12.1 Å². The zero-order chi connectivity index (χ0) is 15.1. The molecule has 0 amide bonds. The van der Waals surface area contributed by atoms with Crippen LogP contribution in [0.25, 0.3) is 0 Å². The van der Waals surface area contributed by atoms with Gasteiger partial charge >= 0.3 is 136 Å². The monoisotopic (exact) mass is 368 g/mol. The molecule has 0 aliphatic carbocycles. The van der Waals surface area contributed by atoms with E-state index in [-0.39, 0.29) is 31.1 Å². The summed E-state index contributed by atoms with van der Waals surface area (Å²) >= 11 is 6.74. The summed E-state index contributed by atoms with van der Waals surface area (Å²) in [6.45, 7) is 0. The van der Waals surface area contributed by atoms with Crippen molar-refractivity contribution < 1.29 is 9.53 Å². The summed E-state index contributed by atoms with van der Waals surface area (Å²) in [5.41, 5.74) is 1.05. The number of hydrogen-bond acceptors (Lipinski definition) is 2. The molecule has 0 aliphatic rings. The molecule has 0 fully saturated rings. The molecular weight excluding hydrogens is 351 g/mol. The zero-order valence-corrected chi connectivity index (χ0v) is 14.2. The van der Waals surface area contributed by atoms with Gasteiger partial charge in [-0.2, -0.15) is 0 Å². The number of methoxy groups -OCH3 is 1. The van der Waals surface area contributed by atoms with E-state index in [0.29, 0.717) is 6.42 Å². The summed E-state index contributed by atoms with van der Waals surface area (Å²) in [7, 11) is 1.42. The maximum absolute atomic E-state index is 11.7. The molecule has 0 heterocycles. The fraction of sp³-hybridized carbons (Fsp3) is 0.235. The molecule has 0 saturated heterocycles. The molecule has 0 aromatic heterocycles. The average Bonchev–Trinajstić information content (AvgIpc) is 2.55. The standard InChI is InChI=1S/C17H17ClO2Se/c1-20-16(19)12-15(21-14-10-6-3-7-11-14)17(18)13-8-4-2-5-9-13/h2-11,15,17H,12H2,1H3/t15-,17+/m1/s1. The van der Waals surface area contributed by atoms with E-state index >= 15 is 0 Å². The van der Waals surface area contributed by atoms with Crippen LogP contribution >= 0.6 is 11.6 Å². The number of carbonyl (C=O) groups excluding carboxylic acids is 1. The van der Waals surface area contributed by atoms with Crippen LogP contribution in [0.15, 0.2) is 60.7 Å². The Morgan fingerprint density at radius 2 is 1.67 bits per heavy atom. The van der Waals surface area contributed by atoms with E-state index in [4.69, 9.17) is 16.3 Å². The van der Waals surface area contributed by atoms with Crippen molar-refractivity contribution in [1.82, 2.24) is 0 Å². The Kier molecular flexibility index (Phi) is 6.31. The van der Waals surface area contributed by atoms with Crippen LogP contribution in [0, 0.1) is 0 Å². The number of rotatable bonds is 6. The van der Waals surface area contributed by atoms with Crippen molar-refractivity contribution in [2.45, 2.75) is 16.6 Å². The number of esters is 1. The van der Waals surface area contributed by atoms with Gasteiger partial charge in [-0.15, -0.1) is 0 Å². The number of alkyl halides is 1. The first-order valence-corrected chi connectivity index (χ1v) is 8.96. The molecule has 0 spiro atoms. The fourth-order valence-electron chi connectivity index (χ4n) is 1.98. The first-order valence-electron chi connectivity index (χ1n) is 6.68. The summed E-state index contributed by atoms with van der Waals surface area (Å²) < 4.78 is 6.05. The predicted molar refractivity (Wildman–Crippen MR) is 87.2 cm³/mol. The molecule has 0 saturated carbocycles. The Morgan fingerprint density at radius 3 is 2.24 bits per heavy atom. The Labute approximate surface area is 136 Å². The second-order valence-electron chi connectivity index (χ2n) is 4.56. The minimum absolute atomic E-state index is 0.0661. The topological polar surface area (TPSA) is 26.3 Å². The van der Waals surface area contributed by atoms with E-state index in [9.17, 15) is 4.79 Å². The van der Waals surface area contributed by atoms with Crippen LogP contribution in [0.1, 0.15) is 17.4 Å². The van der Waals surface area contributed by atoms with E-state index in [1.54, 1.807) is 0 Å². The molecule has 0 unspecified atom stereocenters. The van der Waals surface area contributed by atoms with Gasteiger partial charge in [0.25, 0.3) is 0 Å². The SMILES string of the molecule is COC(=O)C[C@@H]([Se]c1ccccc1)[C@@H](Cl)c1ccccc1. The van der Waals surface area contributed by atoms with Crippen molar-refractivity contribution in [2.75, 3.05) is 7.11 Å². The van der Waals surface area contributed by atoms with Gasteiger partial charge in [0.15, 0.2) is 0 Å². The molecule has 2 rings (SSSR count). The molecule has 0 bridgehead atoms. The molecule has 0 aliphatic heterocycles. The summed E-state index contributed by atoms with van der Waals surface area (Å²) in [6.07, 6.45) is 0.342. The van der Waals surface area contributed by atoms with Crippen molar-refractivity contribution in [1.29, 1.82) is 0 Å². The molecular formula is C17H17ClO2Se. The summed E-state index contributed by atoms with van der Waals surface area (Å²) in [5, 5.41) is -0.189. The Bertz CT molecular complexity index is 560. The second kappa shape index (κ2) is 8.23. The van der Waals surface area contributed by atoms with E-state index in [1.165, 1.54) is 11.6 Å². The number of carbonyl (C=O) groups is 1. The van der Waals surface area contributed by atoms with Crippen LogP contribution in [-0.4, -0.2) is 28.0 Å². The molecule has 2 nitrogen and oxygen atoms in total. The van der Waals surface area contributed by atoms with Gasteiger partial charge in [-0.1, -0.05) is 0 Å². The van der Waals surface area contributed by atoms with E-state index < -0.39 is 0 Å². The van der Waals surface area contributed by atoms with Crippen molar-refractivity contribution in [2.24, 2.45) is 0 Å². The third kappa shape index (κ3) is 4.89. The molecule has 0 N–H and O–H groups in total. The van der Waals surface area contributed by atoms with E-state index in [1.807, 2.05) is 48.5 Å². The van der Waals surface area contributed by atoms with E-state index in [0.717, 1.165) is 5.56 Å². The molecule has 2 aromatic carbocycles. The molecule has 4 heteroatoms. The van der Waals surface area contributed by atoms with Crippen LogP contribution in [0.2, 0.25) is 4.82 Å². The van der Waals surface area contributed by atoms with Crippen molar-refractivity contribution in [3.63, 3.8) is 0 Å². The van der Waals surface area contributed by atoms with Crippen LogP contribution < -0.4 is 4.46 Å². The number of halogens is 1. The van der Waals surface area contributed by atoms with Gasteiger partial charge in [-0.25, -0.2) is 0 Å². The van der Waals surface area contributed by atoms with Gasteiger partial charge in [0.05, 0.1) is 0 Å². The Balaban J connectivity index is 2.17. The number of hydrogen-bond donors (Lipinski definition) is 0. The fourth-order valence-corrected chi connectivity index (χ4v) is 4.91. The number of ether oxygens (including phenoxy) is 1. The normalized spacial score (nSPS) is 13.4. The Hall–Kier alpha value is -1.28. The summed E-state index contributed by atoms with van der Waals surface area (Å²) in [4.78, 5) is 11.7. The van der Waals surface area contributed by atoms with Gasteiger partial charge in [-0.3, -0.25) is 0 Å². The first kappa shape index (κ1) is 16.1. The summed E-state index contributed by atoms with van der Waals surface area (Å²) in [6, 6.07) is 20.1. The van der Waals surface area contributed by atoms with Crippen molar-refractivity contribution >= 4 is 37.0 Å². The van der Waals surface area contributed by atoms with Crippen LogP contribution in [-0.2, 0) is 9.53 Å². The molecule has 2 atom stereocenters. The molecule has 2 aromatic rings. The van der Waals surface area contributed by atoms with Crippen LogP contribution in [0.4, 0.5) is 0 Å². The van der Waals surface area contributed by atoms with Crippen molar-refractivity contribution in [3.05, 3.63) is 66.2 Å². The third-order valence-electron chi connectivity index (χ3n) is 3.07. The van der Waals surface area contributed by atoms with Gasteiger partial charge in [0.2, 0.25) is 0 Å². The first-order chi connectivity index (χ1) is 10.2. The second-order valence-corrected chi connectivity index (χ2v) is 7.79. The van der Waals surface area contributed by atoms with Crippen molar-refractivity contribution in [3.8, 4) is 0 Å². The quantitative estimate of drug-likeness (QED) is 0.444. The zero-order valence-electron chi connectivity index (χ0n) is 11.7. The summed E-state index contributed by atoms with van der Waals surface area (Å²) in [5.74, 6) is -0.209. The van der Waals surface area contributed by atoms with Crippen LogP contribution in [0.3, 0.4) is 0 Å². The van der Waals surface area contributed by atoms with Gasteiger partial charge in [0.1, 0.15) is 0 Å². The maximum atomic E-state index is 11.7. The third-order valence-corrected chi connectivity index (χ3v) is 6.66. The Morgan fingerprint density at radius 1 is 1.10 bits per heavy atom. The van der Waals surface area contributed by atoms with Gasteiger partial charge < -0.3 is 0 Å². The predicted octanol–water partition coefficient (Wildman–Crippen LogP) is 3.35. The average molecular weight is 368 g/mol. The number of benzene rings is 2. The molecule has 0 radical (unpaired) electrons. The van der Waals surface area contributed by atoms with Gasteiger partial charge in [0, 0.05) is 0 Å². The minimum atomic E-state index is -0.209. The molecule has 110 valence electrons. The van der Waals surface area contributed by atoms with Crippen LogP contribution in [0.5, 0.6) is 0 Å².